The molecule has 1 amide bonds. The Kier molecular flexibility index (Phi) is 4.53. The summed E-state index contributed by atoms with van der Waals surface area (Å²) in [6.07, 6.45) is 8.41. The summed E-state index contributed by atoms with van der Waals surface area (Å²) >= 11 is 0. The Labute approximate surface area is 218 Å². The van der Waals surface area contributed by atoms with Crippen LogP contribution in [-0.4, -0.2) is 57.1 Å². The fourth-order valence-electron chi connectivity index (χ4n) is 10.4. The SMILES string of the molecule is CCn1c(C(=O)N2C[C@H]3C[C@@]45CC[C@@H]2[C@@H]3[C@@]42CCN(CC3CC3)[C@@H]5Cc3ccc(O)cc32)cccc1=O. The molecule has 2 aromatic rings. The molecule has 2 aliphatic heterocycles. The zero-order chi connectivity index (χ0) is 25.1. The van der Waals surface area contributed by atoms with E-state index < -0.39 is 0 Å². The third-order valence-corrected chi connectivity index (χ3v) is 11.6. The number of amides is 1. The minimum Gasteiger partial charge on any atom is -0.508 e. The number of pyridine rings is 1. The van der Waals surface area contributed by atoms with Crippen LogP contribution in [0.25, 0.3) is 0 Å². The van der Waals surface area contributed by atoms with Gasteiger partial charge < -0.3 is 14.6 Å². The predicted molar refractivity (Wildman–Crippen MR) is 141 cm³/mol. The van der Waals surface area contributed by atoms with Crippen molar-refractivity contribution in [3.63, 3.8) is 0 Å². The van der Waals surface area contributed by atoms with Crippen LogP contribution in [0.2, 0.25) is 0 Å². The Morgan fingerprint density at radius 3 is 2.81 bits per heavy atom. The summed E-state index contributed by atoms with van der Waals surface area (Å²) in [6, 6.07) is 12.0. The average molecular weight is 500 g/mol. The first-order valence-electron chi connectivity index (χ1n) is 14.5. The number of aromatic nitrogens is 1. The van der Waals surface area contributed by atoms with Gasteiger partial charge in [0.2, 0.25) is 0 Å². The third kappa shape index (κ3) is 2.75. The van der Waals surface area contributed by atoms with Crippen LogP contribution >= 0.6 is 0 Å². The third-order valence-electron chi connectivity index (χ3n) is 11.6. The molecule has 6 atom stereocenters. The van der Waals surface area contributed by atoms with Crippen LogP contribution in [0.1, 0.15) is 67.1 Å². The molecule has 5 fully saturated rings. The summed E-state index contributed by atoms with van der Waals surface area (Å²) in [5, 5.41) is 10.7. The highest BCUT2D eigenvalue weighted by Crippen LogP contribution is 2.75. The summed E-state index contributed by atoms with van der Waals surface area (Å²) in [7, 11) is 0. The van der Waals surface area contributed by atoms with E-state index >= 15 is 0 Å². The quantitative estimate of drug-likeness (QED) is 0.695. The van der Waals surface area contributed by atoms with Gasteiger partial charge >= 0.3 is 0 Å². The molecule has 2 saturated heterocycles. The maximum Gasteiger partial charge on any atom is 0.270 e. The van der Waals surface area contributed by atoms with E-state index in [2.05, 4.69) is 21.9 Å². The van der Waals surface area contributed by atoms with Crippen LogP contribution in [0.3, 0.4) is 0 Å². The summed E-state index contributed by atoms with van der Waals surface area (Å²) in [5.41, 5.74) is 3.53. The van der Waals surface area contributed by atoms with Crippen molar-refractivity contribution in [3.05, 3.63) is 63.6 Å². The maximum absolute atomic E-state index is 14.0. The molecular weight excluding hydrogens is 462 g/mol. The van der Waals surface area contributed by atoms with Crippen molar-refractivity contribution in [2.75, 3.05) is 19.6 Å². The summed E-state index contributed by atoms with van der Waals surface area (Å²) in [6.45, 7) is 5.63. The molecule has 3 heterocycles. The molecule has 37 heavy (non-hydrogen) atoms. The second-order valence-electron chi connectivity index (χ2n) is 12.9. The van der Waals surface area contributed by atoms with Gasteiger partial charge in [-0.15, -0.1) is 0 Å². The van der Waals surface area contributed by atoms with Gasteiger partial charge in [-0.3, -0.25) is 14.5 Å². The van der Waals surface area contributed by atoms with Crippen molar-refractivity contribution in [1.29, 1.82) is 0 Å². The van der Waals surface area contributed by atoms with Crippen LogP contribution in [0.4, 0.5) is 0 Å². The van der Waals surface area contributed by atoms with Crippen LogP contribution in [0, 0.1) is 23.2 Å². The van der Waals surface area contributed by atoms with E-state index in [1.165, 1.54) is 36.9 Å². The summed E-state index contributed by atoms with van der Waals surface area (Å²) in [5.74, 6) is 2.21. The van der Waals surface area contributed by atoms with E-state index in [0.29, 0.717) is 35.9 Å². The van der Waals surface area contributed by atoms with Gasteiger partial charge in [-0.2, -0.15) is 0 Å². The van der Waals surface area contributed by atoms with E-state index in [1.54, 1.807) is 16.7 Å². The highest BCUT2D eigenvalue weighted by Gasteiger charge is 2.76. The van der Waals surface area contributed by atoms with Gasteiger partial charge in [0.15, 0.2) is 0 Å². The molecule has 194 valence electrons. The average Bonchev–Trinajstić information content (AvgIpc) is 3.58. The highest BCUT2D eigenvalue weighted by molar-refractivity contribution is 5.93. The van der Waals surface area contributed by atoms with Crippen LogP contribution in [0.15, 0.2) is 41.2 Å². The predicted octanol–water partition coefficient (Wildman–Crippen LogP) is 3.79. The lowest BCUT2D eigenvalue weighted by Gasteiger charge is -2.66. The highest BCUT2D eigenvalue weighted by atomic mass is 16.3. The smallest absolute Gasteiger partial charge is 0.270 e. The Balaban J connectivity index is 1.24. The number of benzene rings is 1. The van der Waals surface area contributed by atoms with Crippen molar-refractivity contribution in [2.24, 2.45) is 23.2 Å². The molecule has 4 aliphatic carbocycles. The first-order valence-corrected chi connectivity index (χ1v) is 14.5. The van der Waals surface area contributed by atoms with Crippen LogP contribution < -0.4 is 5.56 Å². The molecule has 6 aliphatic rings. The van der Waals surface area contributed by atoms with Crippen molar-refractivity contribution in [2.45, 2.75) is 75.9 Å². The van der Waals surface area contributed by atoms with Gasteiger partial charge in [-0.25, -0.2) is 0 Å². The first-order chi connectivity index (χ1) is 18.0. The van der Waals surface area contributed by atoms with E-state index in [9.17, 15) is 14.7 Å². The molecule has 6 nitrogen and oxygen atoms in total. The van der Waals surface area contributed by atoms with Crippen LogP contribution in [0.5, 0.6) is 5.75 Å². The topological polar surface area (TPSA) is 65.8 Å². The maximum atomic E-state index is 14.0. The molecule has 8 rings (SSSR count). The number of aromatic hydroxyl groups is 1. The van der Waals surface area contributed by atoms with Gasteiger partial charge in [0.05, 0.1) is 0 Å². The number of rotatable bonds is 4. The number of hydrogen-bond donors (Lipinski definition) is 1. The second-order valence-corrected chi connectivity index (χ2v) is 12.9. The number of nitrogens with zero attached hydrogens (tertiary/aromatic N) is 3. The fraction of sp³-hybridized carbons (Fsp3) is 0.613. The Morgan fingerprint density at radius 2 is 2.00 bits per heavy atom. The van der Waals surface area contributed by atoms with Crippen molar-refractivity contribution in [3.8, 4) is 5.75 Å². The lowest BCUT2D eigenvalue weighted by molar-refractivity contribution is -0.102. The molecule has 3 saturated carbocycles. The van der Waals surface area contributed by atoms with Gasteiger partial charge in [0, 0.05) is 43.2 Å². The molecule has 0 radical (unpaired) electrons. The van der Waals surface area contributed by atoms with E-state index in [4.69, 9.17) is 0 Å². The van der Waals surface area contributed by atoms with Crippen molar-refractivity contribution in [1.82, 2.24) is 14.4 Å². The Morgan fingerprint density at radius 1 is 1.14 bits per heavy atom. The minimum atomic E-state index is -0.100. The standard InChI is InChI=1S/C31H37N3O3/c1-2-33-25(4-3-5-27(33)36)29(37)34-18-21-16-30-11-10-24(34)28(21)31(30)12-13-32(17-19-6-7-19)26(30)14-20-8-9-22(35)15-23(20)31/h3-5,8-9,15,19,21,24,26,28,35H,2,6-7,10-14,16-18H2,1H3/t21-,24-,26-,28-,30-,31+/m1/s1. The molecule has 0 spiro atoms. The van der Waals surface area contributed by atoms with E-state index in [-0.39, 0.29) is 28.3 Å². The number of phenolic OH excluding ortho intramolecular Hbond substituents is 1. The lowest BCUT2D eigenvalue weighted by Crippen LogP contribution is -2.70. The number of carbonyl (C=O) groups is 1. The molecule has 0 unspecified atom stereocenters. The largest absolute Gasteiger partial charge is 0.508 e. The molecular formula is C31H37N3O3. The van der Waals surface area contributed by atoms with Crippen molar-refractivity contribution >= 4 is 5.91 Å². The van der Waals surface area contributed by atoms with E-state index in [1.807, 2.05) is 19.1 Å². The lowest BCUT2D eigenvalue weighted by atomic mass is 9.43. The first kappa shape index (κ1) is 22.4. The van der Waals surface area contributed by atoms with Gasteiger partial charge in [0.1, 0.15) is 11.4 Å². The van der Waals surface area contributed by atoms with Gasteiger partial charge in [0.25, 0.3) is 11.5 Å². The molecule has 1 N–H and O–H groups in total. The summed E-state index contributed by atoms with van der Waals surface area (Å²) < 4.78 is 1.63. The number of phenols is 1. The van der Waals surface area contributed by atoms with Crippen LogP contribution in [-0.2, 0) is 18.4 Å². The zero-order valence-corrected chi connectivity index (χ0v) is 21.7. The second kappa shape index (κ2) is 7.49. The zero-order valence-electron chi connectivity index (χ0n) is 21.7. The number of carbonyl (C=O) groups excluding carboxylic acids is 1. The monoisotopic (exact) mass is 499 g/mol. The minimum absolute atomic E-state index is 0.0255. The number of piperidine rings is 1. The summed E-state index contributed by atoms with van der Waals surface area (Å²) in [4.78, 5) is 31.6. The van der Waals surface area contributed by atoms with Crippen molar-refractivity contribution < 1.29 is 9.90 Å². The number of fused-ring (bicyclic) bond motifs is 1. The molecule has 4 bridgehead atoms. The number of likely N-dealkylation sites (tertiary alicyclic amines) is 2. The molecule has 1 aromatic heterocycles. The Bertz CT molecular complexity index is 1360. The molecule has 6 heteroatoms. The normalized spacial score (nSPS) is 37.4. The van der Waals surface area contributed by atoms with E-state index in [0.717, 1.165) is 44.7 Å². The van der Waals surface area contributed by atoms with Gasteiger partial charge in [-0.1, -0.05) is 12.1 Å². The fourth-order valence-corrected chi connectivity index (χ4v) is 10.4. The molecule has 1 aromatic carbocycles. The van der Waals surface area contributed by atoms with Gasteiger partial charge in [-0.05, 0) is 111 Å². The number of hydrogen-bond acceptors (Lipinski definition) is 4. The Hall–Kier alpha value is -2.60.